The molecule has 0 spiro atoms. The molecular weight excluding hydrogens is 249 g/mol. The van der Waals surface area contributed by atoms with E-state index in [1.165, 1.54) is 5.56 Å². The normalized spacial score (nSPS) is 13.3. The summed E-state index contributed by atoms with van der Waals surface area (Å²) in [5.74, 6) is -0.140. The summed E-state index contributed by atoms with van der Waals surface area (Å²) >= 11 is 0. The van der Waals surface area contributed by atoms with Crippen LogP contribution in [0.1, 0.15) is 42.1 Å². The van der Waals surface area contributed by atoms with E-state index in [2.05, 4.69) is 26.0 Å². The summed E-state index contributed by atoms with van der Waals surface area (Å²) < 4.78 is 13.8. The number of aryl methyl sites for hydroxylation is 2. The SMILES string of the molecule is Cc1cc(C(N)C(C)(C)c2ccccc2)cc(C)c1F. The first kappa shape index (κ1) is 14.7. The summed E-state index contributed by atoms with van der Waals surface area (Å²) in [5, 5.41) is 0. The van der Waals surface area contributed by atoms with Crippen LogP contribution in [-0.4, -0.2) is 0 Å². The van der Waals surface area contributed by atoms with Crippen molar-refractivity contribution in [1.82, 2.24) is 0 Å². The van der Waals surface area contributed by atoms with Crippen molar-refractivity contribution < 1.29 is 4.39 Å². The van der Waals surface area contributed by atoms with E-state index in [0.717, 1.165) is 5.56 Å². The lowest BCUT2D eigenvalue weighted by Gasteiger charge is -2.33. The number of benzene rings is 2. The van der Waals surface area contributed by atoms with Gasteiger partial charge in [-0.05, 0) is 36.1 Å². The molecule has 1 unspecified atom stereocenters. The van der Waals surface area contributed by atoms with Gasteiger partial charge in [-0.25, -0.2) is 4.39 Å². The molecule has 0 heterocycles. The van der Waals surface area contributed by atoms with Crippen LogP contribution in [0.25, 0.3) is 0 Å². The van der Waals surface area contributed by atoms with Crippen molar-refractivity contribution in [2.75, 3.05) is 0 Å². The van der Waals surface area contributed by atoms with Crippen molar-refractivity contribution in [2.45, 2.75) is 39.2 Å². The summed E-state index contributed by atoms with van der Waals surface area (Å²) in [7, 11) is 0. The predicted molar refractivity (Wildman–Crippen MR) is 82.3 cm³/mol. The van der Waals surface area contributed by atoms with Crippen LogP contribution in [0.15, 0.2) is 42.5 Å². The molecule has 2 N–H and O–H groups in total. The highest BCUT2D eigenvalue weighted by atomic mass is 19.1. The average Bonchev–Trinajstić information content (AvgIpc) is 2.44. The lowest BCUT2D eigenvalue weighted by atomic mass is 9.75. The molecule has 0 aliphatic rings. The Morgan fingerprint density at radius 2 is 1.50 bits per heavy atom. The molecular formula is C18H22FN. The van der Waals surface area contributed by atoms with Crippen LogP contribution in [0.3, 0.4) is 0 Å². The maximum Gasteiger partial charge on any atom is 0.129 e. The standard InChI is InChI=1S/C18H22FN/c1-12-10-14(11-13(2)16(12)19)17(20)18(3,4)15-8-6-5-7-9-15/h5-11,17H,20H2,1-4H3. The molecule has 0 aliphatic carbocycles. The van der Waals surface area contributed by atoms with Crippen molar-refractivity contribution in [2.24, 2.45) is 5.73 Å². The Labute approximate surface area is 120 Å². The second-order valence-electron chi connectivity index (χ2n) is 6.03. The van der Waals surface area contributed by atoms with Crippen LogP contribution in [0, 0.1) is 19.7 Å². The molecule has 0 saturated heterocycles. The number of nitrogens with two attached hydrogens (primary N) is 1. The highest BCUT2D eigenvalue weighted by Crippen LogP contribution is 2.36. The van der Waals surface area contributed by atoms with Gasteiger partial charge >= 0.3 is 0 Å². The largest absolute Gasteiger partial charge is 0.323 e. The Hall–Kier alpha value is -1.67. The highest BCUT2D eigenvalue weighted by Gasteiger charge is 2.30. The molecule has 2 rings (SSSR count). The van der Waals surface area contributed by atoms with Gasteiger partial charge < -0.3 is 5.73 Å². The summed E-state index contributed by atoms with van der Waals surface area (Å²) in [4.78, 5) is 0. The topological polar surface area (TPSA) is 26.0 Å². The molecule has 0 saturated carbocycles. The Morgan fingerprint density at radius 1 is 1.00 bits per heavy atom. The predicted octanol–water partition coefficient (Wildman–Crippen LogP) is 4.42. The Kier molecular flexibility index (Phi) is 3.96. The van der Waals surface area contributed by atoms with Gasteiger partial charge in [0.15, 0.2) is 0 Å². The average molecular weight is 271 g/mol. The molecule has 0 aromatic heterocycles. The minimum absolute atomic E-state index is 0.140. The second-order valence-corrected chi connectivity index (χ2v) is 6.03. The van der Waals surface area contributed by atoms with Crippen molar-refractivity contribution in [1.29, 1.82) is 0 Å². The minimum Gasteiger partial charge on any atom is -0.323 e. The molecule has 0 radical (unpaired) electrons. The Morgan fingerprint density at radius 3 is 2.00 bits per heavy atom. The van der Waals surface area contributed by atoms with Gasteiger partial charge in [0.05, 0.1) is 0 Å². The zero-order valence-electron chi connectivity index (χ0n) is 12.6. The van der Waals surface area contributed by atoms with Crippen molar-refractivity contribution in [3.63, 3.8) is 0 Å². The minimum atomic E-state index is -0.210. The first-order valence-corrected chi connectivity index (χ1v) is 6.92. The van der Waals surface area contributed by atoms with E-state index in [0.29, 0.717) is 11.1 Å². The van der Waals surface area contributed by atoms with E-state index in [1.807, 2.05) is 30.3 Å². The Balaban J connectivity index is 2.43. The first-order chi connectivity index (χ1) is 9.34. The molecule has 20 heavy (non-hydrogen) atoms. The van der Waals surface area contributed by atoms with E-state index in [1.54, 1.807) is 13.8 Å². The van der Waals surface area contributed by atoms with Crippen LogP contribution in [0.4, 0.5) is 4.39 Å². The summed E-state index contributed by atoms with van der Waals surface area (Å²) in [6.45, 7) is 7.82. The lowest BCUT2D eigenvalue weighted by Crippen LogP contribution is -2.33. The third kappa shape index (κ3) is 2.61. The van der Waals surface area contributed by atoms with E-state index in [-0.39, 0.29) is 17.3 Å². The van der Waals surface area contributed by atoms with Gasteiger partial charge in [0.25, 0.3) is 0 Å². The fourth-order valence-corrected chi connectivity index (χ4v) is 2.62. The highest BCUT2D eigenvalue weighted by molar-refractivity contribution is 5.36. The fourth-order valence-electron chi connectivity index (χ4n) is 2.62. The molecule has 0 aliphatic heterocycles. The summed E-state index contributed by atoms with van der Waals surface area (Å²) in [5.41, 5.74) is 9.73. The Bertz CT molecular complexity index is 579. The lowest BCUT2D eigenvalue weighted by molar-refractivity contribution is 0.420. The van der Waals surface area contributed by atoms with E-state index < -0.39 is 0 Å². The number of hydrogen-bond donors (Lipinski definition) is 1. The van der Waals surface area contributed by atoms with E-state index in [9.17, 15) is 4.39 Å². The molecule has 0 fully saturated rings. The maximum atomic E-state index is 13.8. The third-order valence-corrected chi connectivity index (χ3v) is 4.11. The van der Waals surface area contributed by atoms with Crippen LogP contribution in [0.5, 0.6) is 0 Å². The third-order valence-electron chi connectivity index (χ3n) is 4.11. The van der Waals surface area contributed by atoms with Gasteiger partial charge in [0.2, 0.25) is 0 Å². The fraction of sp³-hybridized carbons (Fsp3) is 0.333. The molecule has 0 amide bonds. The molecule has 2 heteroatoms. The van der Waals surface area contributed by atoms with Crippen molar-refractivity contribution in [3.8, 4) is 0 Å². The second kappa shape index (κ2) is 5.37. The summed E-state index contributed by atoms with van der Waals surface area (Å²) in [6.07, 6.45) is 0. The quantitative estimate of drug-likeness (QED) is 0.878. The zero-order valence-corrected chi connectivity index (χ0v) is 12.6. The molecule has 0 bridgehead atoms. The number of hydrogen-bond acceptors (Lipinski definition) is 1. The molecule has 106 valence electrons. The molecule has 2 aromatic rings. The zero-order chi connectivity index (χ0) is 14.9. The smallest absolute Gasteiger partial charge is 0.129 e. The van der Waals surface area contributed by atoms with E-state index >= 15 is 0 Å². The van der Waals surface area contributed by atoms with Crippen LogP contribution < -0.4 is 5.73 Å². The van der Waals surface area contributed by atoms with Gasteiger partial charge in [-0.15, -0.1) is 0 Å². The van der Waals surface area contributed by atoms with Crippen molar-refractivity contribution in [3.05, 3.63) is 70.5 Å². The molecule has 1 nitrogen and oxygen atoms in total. The number of rotatable bonds is 3. The van der Waals surface area contributed by atoms with Crippen LogP contribution in [-0.2, 0) is 5.41 Å². The maximum absolute atomic E-state index is 13.8. The monoisotopic (exact) mass is 271 g/mol. The van der Waals surface area contributed by atoms with Crippen LogP contribution in [0.2, 0.25) is 0 Å². The van der Waals surface area contributed by atoms with Gasteiger partial charge in [0, 0.05) is 11.5 Å². The van der Waals surface area contributed by atoms with Gasteiger partial charge in [0.1, 0.15) is 5.82 Å². The number of halogens is 1. The molecule has 2 aromatic carbocycles. The van der Waals surface area contributed by atoms with E-state index in [4.69, 9.17) is 5.73 Å². The van der Waals surface area contributed by atoms with Crippen LogP contribution >= 0.6 is 0 Å². The first-order valence-electron chi connectivity index (χ1n) is 6.92. The van der Waals surface area contributed by atoms with Gasteiger partial charge in [-0.3, -0.25) is 0 Å². The molecule has 1 atom stereocenters. The van der Waals surface area contributed by atoms with Crippen molar-refractivity contribution >= 4 is 0 Å². The summed E-state index contributed by atoms with van der Waals surface area (Å²) in [6, 6.07) is 13.7. The van der Waals surface area contributed by atoms with Gasteiger partial charge in [-0.2, -0.15) is 0 Å². The van der Waals surface area contributed by atoms with Gasteiger partial charge in [-0.1, -0.05) is 56.3 Å².